The van der Waals surface area contributed by atoms with Gasteiger partial charge in [-0.05, 0) is 49.9 Å². The molecule has 5 amide bonds. The molecule has 0 bridgehead atoms. The molecule has 1 aromatic heterocycles. The van der Waals surface area contributed by atoms with Gasteiger partial charge in [0.05, 0.1) is 41.5 Å². The van der Waals surface area contributed by atoms with E-state index in [4.69, 9.17) is 4.74 Å². The van der Waals surface area contributed by atoms with Gasteiger partial charge in [-0.3, -0.25) is 28.9 Å². The van der Waals surface area contributed by atoms with E-state index in [1.54, 1.807) is 47.3 Å². The SMILES string of the molecule is CNC(=O)C1CCCCC1C(=O)N1CCc2cccc(OC3CCN(C(=O)c4cnc(C)s4)C3)c2[C@H]1CN1C(=O)c2ccccc2C1=O. The second-order valence-electron chi connectivity index (χ2n) is 13.0. The molecule has 4 aliphatic rings. The lowest BCUT2D eigenvalue weighted by molar-refractivity contribution is -0.146. The van der Waals surface area contributed by atoms with E-state index in [2.05, 4.69) is 10.3 Å². The Morgan fingerprint density at radius 1 is 0.958 bits per heavy atom. The topological polar surface area (TPSA) is 129 Å². The molecule has 1 aliphatic carbocycles. The summed E-state index contributed by atoms with van der Waals surface area (Å²) in [6, 6.07) is 11.9. The molecule has 3 aliphatic heterocycles. The highest BCUT2D eigenvalue weighted by molar-refractivity contribution is 7.13. The molecular weight excluding hydrogens is 630 g/mol. The van der Waals surface area contributed by atoms with Crippen molar-refractivity contribution in [1.82, 2.24) is 25.0 Å². The Bertz CT molecular complexity index is 1750. The number of thiazole rings is 1. The molecular formula is C36H39N5O6S. The number of aromatic nitrogens is 1. The molecule has 0 spiro atoms. The average molecular weight is 670 g/mol. The molecule has 3 unspecified atom stereocenters. The summed E-state index contributed by atoms with van der Waals surface area (Å²) in [5.41, 5.74) is 2.44. The lowest BCUT2D eigenvalue weighted by atomic mass is 9.77. The summed E-state index contributed by atoms with van der Waals surface area (Å²) in [5, 5.41) is 3.58. The largest absolute Gasteiger partial charge is 0.488 e. The molecule has 48 heavy (non-hydrogen) atoms. The van der Waals surface area contributed by atoms with E-state index in [0.29, 0.717) is 67.1 Å². The van der Waals surface area contributed by atoms with Gasteiger partial charge >= 0.3 is 0 Å². The van der Waals surface area contributed by atoms with Crippen LogP contribution in [0.2, 0.25) is 0 Å². The van der Waals surface area contributed by atoms with Crippen LogP contribution in [0.1, 0.15) is 84.7 Å². The molecule has 3 aromatic rings. The smallest absolute Gasteiger partial charge is 0.265 e. The number of imide groups is 1. The summed E-state index contributed by atoms with van der Waals surface area (Å²) < 4.78 is 6.66. The Kier molecular flexibility index (Phi) is 8.76. The number of nitrogens with zero attached hydrogens (tertiary/aromatic N) is 4. The highest BCUT2D eigenvalue weighted by Gasteiger charge is 2.45. The molecule has 250 valence electrons. The van der Waals surface area contributed by atoms with Crippen molar-refractivity contribution in [3.63, 3.8) is 0 Å². The van der Waals surface area contributed by atoms with E-state index < -0.39 is 29.7 Å². The predicted octanol–water partition coefficient (Wildman–Crippen LogP) is 4.02. The number of carbonyl (C=O) groups excluding carboxylic acids is 5. The minimum absolute atomic E-state index is 0.0389. The van der Waals surface area contributed by atoms with Crippen LogP contribution in [0, 0.1) is 18.8 Å². The number of hydrogen-bond donors (Lipinski definition) is 1. The number of rotatable bonds is 7. The Hall–Kier alpha value is -4.58. The first-order valence-electron chi connectivity index (χ1n) is 16.7. The zero-order chi connectivity index (χ0) is 33.5. The van der Waals surface area contributed by atoms with Crippen molar-refractivity contribution in [2.24, 2.45) is 11.8 Å². The number of likely N-dealkylation sites (tertiary alicyclic amines) is 1. The van der Waals surface area contributed by atoms with Crippen LogP contribution in [0.4, 0.5) is 0 Å². The molecule has 2 aromatic carbocycles. The maximum absolute atomic E-state index is 14.5. The van der Waals surface area contributed by atoms with Gasteiger partial charge in [0.2, 0.25) is 11.8 Å². The molecule has 0 radical (unpaired) electrons. The zero-order valence-electron chi connectivity index (χ0n) is 27.1. The molecule has 4 heterocycles. The fraction of sp³-hybridized carbons (Fsp3) is 0.444. The van der Waals surface area contributed by atoms with Crippen LogP contribution in [0.3, 0.4) is 0 Å². The van der Waals surface area contributed by atoms with Gasteiger partial charge in [-0.1, -0.05) is 37.1 Å². The fourth-order valence-electron chi connectivity index (χ4n) is 7.82. The Morgan fingerprint density at radius 3 is 2.38 bits per heavy atom. The van der Waals surface area contributed by atoms with Crippen LogP contribution < -0.4 is 10.1 Å². The number of aryl methyl sites for hydroxylation is 1. The third kappa shape index (κ3) is 5.76. The average Bonchev–Trinajstić information content (AvgIpc) is 3.83. The van der Waals surface area contributed by atoms with E-state index in [1.165, 1.54) is 16.2 Å². The number of hydrogen-bond acceptors (Lipinski definition) is 8. The lowest BCUT2D eigenvalue weighted by Gasteiger charge is -2.43. The van der Waals surface area contributed by atoms with E-state index >= 15 is 0 Å². The number of fused-ring (bicyclic) bond motifs is 2. The third-order valence-electron chi connectivity index (χ3n) is 10.2. The van der Waals surface area contributed by atoms with Gasteiger partial charge in [0.1, 0.15) is 16.7 Å². The first kappa shape index (κ1) is 32.0. The minimum Gasteiger partial charge on any atom is -0.488 e. The monoisotopic (exact) mass is 669 g/mol. The fourth-order valence-corrected chi connectivity index (χ4v) is 8.56. The van der Waals surface area contributed by atoms with Crippen molar-refractivity contribution >= 4 is 40.9 Å². The van der Waals surface area contributed by atoms with Gasteiger partial charge in [0, 0.05) is 44.0 Å². The van der Waals surface area contributed by atoms with E-state index in [-0.39, 0.29) is 30.4 Å². The van der Waals surface area contributed by atoms with Crippen molar-refractivity contribution in [1.29, 1.82) is 0 Å². The predicted molar refractivity (Wildman–Crippen MR) is 178 cm³/mol. The van der Waals surface area contributed by atoms with Gasteiger partial charge in [0.25, 0.3) is 17.7 Å². The van der Waals surface area contributed by atoms with Gasteiger partial charge < -0.3 is 19.9 Å². The maximum Gasteiger partial charge on any atom is 0.265 e. The number of benzene rings is 2. The molecule has 1 N–H and O–H groups in total. The number of carbonyl (C=O) groups is 5. The molecule has 11 nitrogen and oxygen atoms in total. The Morgan fingerprint density at radius 2 is 1.69 bits per heavy atom. The normalized spacial score (nSPS) is 23.6. The summed E-state index contributed by atoms with van der Waals surface area (Å²) >= 11 is 1.37. The van der Waals surface area contributed by atoms with E-state index in [9.17, 15) is 24.0 Å². The maximum atomic E-state index is 14.5. The van der Waals surface area contributed by atoms with Crippen LogP contribution >= 0.6 is 11.3 Å². The second-order valence-corrected chi connectivity index (χ2v) is 14.3. The summed E-state index contributed by atoms with van der Waals surface area (Å²) in [6.45, 7) is 3.17. The molecule has 7 rings (SSSR count). The lowest BCUT2D eigenvalue weighted by Crippen LogP contribution is -2.51. The highest BCUT2D eigenvalue weighted by atomic mass is 32.1. The van der Waals surface area contributed by atoms with Crippen LogP contribution in [0.5, 0.6) is 5.75 Å². The molecule has 2 fully saturated rings. The van der Waals surface area contributed by atoms with Crippen LogP contribution in [-0.2, 0) is 16.0 Å². The van der Waals surface area contributed by atoms with Gasteiger partial charge in [-0.2, -0.15) is 0 Å². The van der Waals surface area contributed by atoms with Crippen molar-refractivity contribution in [3.8, 4) is 5.75 Å². The number of ether oxygens (including phenoxy) is 1. The van der Waals surface area contributed by atoms with Crippen molar-refractivity contribution < 1.29 is 28.7 Å². The molecule has 1 saturated heterocycles. The molecule has 12 heteroatoms. The minimum atomic E-state index is -0.675. The summed E-state index contributed by atoms with van der Waals surface area (Å²) in [6.07, 6.45) is 5.49. The van der Waals surface area contributed by atoms with Gasteiger partial charge in [0.15, 0.2) is 0 Å². The quantitative estimate of drug-likeness (QED) is 0.377. The summed E-state index contributed by atoms with van der Waals surface area (Å²) in [7, 11) is 1.60. The van der Waals surface area contributed by atoms with Crippen molar-refractivity contribution in [2.75, 3.05) is 33.2 Å². The number of amides is 5. The van der Waals surface area contributed by atoms with Crippen molar-refractivity contribution in [2.45, 2.75) is 57.6 Å². The van der Waals surface area contributed by atoms with E-state index in [1.807, 2.05) is 25.1 Å². The van der Waals surface area contributed by atoms with Crippen LogP contribution in [-0.4, -0.2) is 88.6 Å². The summed E-state index contributed by atoms with van der Waals surface area (Å²) in [4.78, 5) is 77.5. The first-order valence-corrected chi connectivity index (χ1v) is 17.5. The van der Waals surface area contributed by atoms with Crippen LogP contribution in [0.15, 0.2) is 48.7 Å². The molecule has 4 atom stereocenters. The highest BCUT2D eigenvalue weighted by Crippen LogP contribution is 2.42. The van der Waals surface area contributed by atoms with Crippen LogP contribution in [0.25, 0.3) is 0 Å². The van der Waals surface area contributed by atoms with Gasteiger partial charge in [-0.15, -0.1) is 11.3 Å². The van der Waals surface area contributed by atoms with Crippen molar-refractivity contribution in [3.05, 3.63) is 80.8 Å². The second kappa shape index (κ2) is 13.1. The Balaban J connectivity index is 1.21. The summed E-state index contributed by atoms with van der Waals surface area (Å²) in [5.74, 6) is -1.49. The van der Waals surface area contributed by atoms with Gasteiger partial charge in [-0.25, -0.2) is 4.98 Å². The third-order valence-corrected chi connectivity index (χ3v) is 11.1. The number of nitrogens with one attached hydrogen (secondary N) is 1. The first-order chi connectivity index (χ1) is 23.2. The Labute approximate surface area is 283 Å². The molecule has 1 saturated carbocycles. The van der Waals surface area contributed by atoms with E-state index in [0.717, 1.165) is 29.0 Å². The zero-order valence-corrected chi connectivity index (χ0v) is 28.0. The standard InChI is InChI=1S/C36H39N5O6S/c1-21-38-18-30(48-21)36(46)39-16-15-23(19-39)47-29-13-7-8-22-14-17-40(33(43)25-10-4-3-9-24(25)32(42)37-2)28(31(22)29)20-41-34(44)26-11-5-6-12-27(26)35(41)45/h5-8,11-13,18,23-25,28H,3-4,9-10,14-17,19-20H2,1-2H3,(H,37,42)/t23?,24?,25?,28-/m1/s1.